The van der Waals surface area contributed by atoms with Crippen LogP contribution in [0.5, 0.6) is 0 Å². The fourth-order valence-electron chi connectivity index (χ4n) is 3.35. The molecule has 0 radical (unpaired) electrons. The van der Waals surface area contributed by atoms with Gasteiger partial charge in [0.1, 0.15) is 6.04 Å². The molecule has 0 fully saturated rings. The summed E-state index contributed by atoms with van der Waals surface area (Å²) in [7, 11) is -1.32. The van der Waals surface area contributed by atoms with Gasteiger partial charge in [-0.15, -0.1) is 0 Å². The zero-order chi connectivity index (χ0) is 24.7. The molecule has 0 aliphatic carbocycles. The molecule has 0 aliphatic rings. The van der Waals surface area contributed by atoms with Crippen molar-refractivity contribution in [1.82, 2.24) is 19.2 Å². The first-order valence-corrected chi connectivity index (χ1v) is 12.1. The van der Waals surface area contributed by atoms with Crippen LogP contribution in [0.2, 0.25) is 0 Å². The maximum absolute atomic E-state index is 12.7. The lowest BCUT2D eigenvalue weighted by Gasteiger charge is -2.20. The van der Waals surface area contributed by atoms with Gasteiger partial charge in [0.2, 0.25) is 15.9 Å². The van der Waals surface area contributed by atoms with Gasteiger partial charge in [-0.2, -0.15) is 4.31 Å². The maximum Gasteiger partial charge on any atom is 0.328 e. The summed E-state index contributed by atoms with van der Waals surface area (Å²) in [6.07, 6.45) is 3.55. The van der Waals surface area contributed by atoms with Crippen LogP contribution in [0, 0.1) is 6.92 Å². The van der Waals surface area contributed by atoms with E-state index in [-0.39, 0.29) is 11.3 Å². The number of sulfonamides is 1. The fraction of sp³-hybridized carbons (Fsp3) is 0.292. The molecule has 0 unspecified atom stereocenters. The van der Waals surface area contributed by atoms with Gasteiger partial charge in [-0.25, -0.2) is 18.2 Å². The summed E-state index contributed by atoms with van der Waals surface area (Å²) >= 11 is 0. The van der Waals surface area contributed by atoms with Crippen molar-refractivity contribution in [3.8, 4) is 0 Å². The highest BCUT2D eigenvalue weighted by atomic mass is 32.2. The van der Waals surface area contributed by atoms with E-state index >= 15 is 0 Å². The lowest BCUT2D eigenvalue weighted by atomic mass is 10.1. The largest absolute Gasteiger partial charge is 0.467 e. The molecule has 3 aromatic rings. The summed E-state index contributed by atoms with van der Waals surface area (Å²) < 4.78 is 33.1. The zero-order valence-corrected chi connectivity index (χ0v) is 20.2. The average Bonchev–Trinajstić information content (AvgIpc) is 3.25. The second-order valence-electron chi connectivity index (χ2n) is 7.94. The third-order valence-electron chi connectivity index (χ3n) is 5.22. The van der Waals surface area contributed by atoms with Crippen LogP contribution in [-0.2, 0) is 37.3 Å². The van der Waals surface area contributed by atoms with Crippen LogP contribution < -0.4 is 5.32 Å². The van der Waals surface area contributed by atoms with E-state index in [1.165, 1.54) is 26.3 Å². The number of methoxy groups -OCH3 is 1. The minimum absolute atomic E-state index is 0.0851. The Bertz CT molecular complexity index is 1220. The SMILES string of the molecule is COC(=O)[C@H](Cc1cn(Cc2ccccc2)cn1)NC(=O)CN(C)S(=O)(=O)c1ccc(C)cc1. The molecule has 3 rings (SSSR count). The first-order chi connectivity index (χ1) is 16.2. The number of imidazole rings is 1. The number of aryl methyl sites for hydroxylation is 1. The Morgan fingerprint density at radius 2 is 1.79 bits per heavy atom. The number of carbonyl (C=O) groups is 2. The van der Waals surface area contributed by atoms with Crippen LogP contribution in [0.15, 0.2) is 72.0 Å². The van der Waals surface area contributed by atoms with Gasteiger partial charge >= 0.3 is 5.97 Å². The summed E-state index contributed by atoms with van der Waals surface area (Å²) in [5, 5.41) is 2.57. The fourth-order valence-corrected chi connectivity index (χ4v) is 4.48. The van der Waals surface area contributed by atoms with Gasteiger partial charge in [-0.1, -0.05) is 48.0 Å². The molecule has 0 saturated carbocycles. The van der Waals surface area contributed by atoms with Gasteiger partial charge in [0.25, 0.3) is 0 Å². The predicted octanol–water partition coefficient (Wildman–Crippen LogP) is 1.76. The standard InChI is InChI=1S/C24H28N4O5S/c1-18-9-11-21(12-10-18)34(31,32)27(2)16-23(29)26-22(24(30)33-3)13-20-15-28(17-25-20)14-19-7-5-4-6-8-19/h4-12,15,17,22H,13-14,16H2,1-3H3,(H,26,29)/t22-/m0/s1. The van der Waals surface area contributed by atoms with Crippen molar-refractivity contribution < 1.29 is 22.7 Å². The predicted molar refractivity (Wildman–Crippen MR) is 126 cm³/mol. The maximum atomic E-state index is 12.7. The monoisotopic (exact) mass is 484 g/mol. The molecule has 1 N–H and O–H groups in total. The van der Waals surface area contributed by atoms with Crippen LogP contribution >= 0.6 is 0 Å². The van der Waals surface area contributed by atoms with Gasteiger partial charge in [0, 0.05) is 26.2 Å². The first-order valence-electron chi connectivity index (χ1n) is 10.6. The Kier molecular flexibility index (Phi) is 8.19. The Morgan fingerprint density at radius 1 is 1.12 bits per heavy atom. The van der Waals surface area contributed by atoms with Crippen molar-refractivity contribution in [2.75, 3.05) is 20.7 Å². The first kappa shape index (κ1) is 25.1. The van der Waals surface area contributed by atoms with E-state index in [1.807, 2.05) is 41.8 Å². The van der Waals surface area contributed by atoms with E-state index in [0.717, 1.165) is 15.4 Å². The summed E-state index contributed by atoms with van der Waals surface area (Å²) in [5.41, 5.74) is 2.61. The summed E-state index contributed by atoms with van der Waals surface area (Å²) in [4.78, 5) is 29.3. The second-order valence-corrected chi connectivity index (χ2v) is 9.99. The lowest BCUT2D eigenvalue weighted by molar-refractivity contribution is -0.145. The van der Waals surface area contributed by atoms with Gasteiger partial charge in [0.05, 0.1) is 30.6 Å². The smallest absolute Gasteiger partial charge is 0.328 e. The van der Waals surface area contributed by atoms with Crippen molar-refractivity contribution in [3.63, 3.8) is 0 Å². The van der Waals surface area contributed by atoms with Crippen molar-refractivity contribution in [1.29, 1.82) is 0 Å². The van der Waals surface area contributed by atoms with Crippen molar-refractivity contribution in [2.45, 2.75) is 30.8 Å². The minimum atomic E-state index is -3.86. The summed E-state index contributed by atoms with van der Waals surface area (Å²) in [6, 6.07) is 15.2. The number of nitrogens with one attached hydrogen (secondary N) is 1. The highest BCUT2D eigenvalue weighted by Crippen LogP contribution is 2.15. The molecule has 10 heteroatoms. The molecule has 0 saturated heterocycles. The van der Waals surface area contributed by atoms with E-state index in [9.17, 15) is 18.0 Å². The third-order valence-corrected chi connectivity index (χ3v) is 7.04. The molecule has 0 aliphatic heterocycles. The number of hydrogen-bond donors (Lipinski definition) is 1. The van der Waals surface area contributed by atoms with Gasteiger partial charge < -0.3 is 14.6 Å². The number of likely N-dealkylation sites (N-methyl/N-ethyl adjacent to an activating group) is 1. The van der Waals surface area contributed by atoms with Crippen LogP contribution in [0.4, 0.5) is 0 Å². The highest BCUT2D eigenvalue weighted by Gasteiger charge is 2.27. The number of benzene rings is 2. The summed E-state index contributed by atoms with van der Waals surface area (Å²) in [5.74, 6) is -1.27. The molecule has 0 bridgehead atoms. The Hall–Kier alpha value is -3.50. The molecule has 1 aromatic heterocycles. The van der Waals surface area contributed by atoms with Gasteiger partial charge in [-0.05, 0) is 24.6 Å². The molecular formula is C24H28N4O5S. The Labute approximate surface area is 199 Å². The average molecular weight is 485 g/mol. The quantitative estimate of drug-likeness (QED) is 0.439. The zero-order valence-electron chi connectivity index (χ0n) is 19.3. The number of aromatic nitrogens is 2. The van der Waals surface area contributed by atoms with Crippen LogP contribution in [0.25, 0.3) is 0 Å². The van der Waals surface area contributed by atoms with E-state index < -0.39 is 34.5 Å². The molecule has 2 aromatic carbocycles. The molecule has 34 heavy (non-hydrogen) atoms. The molecule has 0 spiro atoms. The Balaban J connectivity index is 1.64. The number of rotatable bonds is 10. The molecule has 1 amide bonds. The van der Waals surface area contributed by atoms with Gasteiger partial charge in [-0.3, -0.25) is 4.79 Å². The van der Waals surface area contributed by atoms with Crippen LogP contribution in [0.1, 0.15) is 16.8 Å². The Morgan fingerprint density at radius 3 is 2.44 bits per heavy atom. The van der Waals surface area contributed by atoms with Crippen LogP contribution in [-0.4, -0.2) is 60.9 Å². The number of carbonyl (C=O) groups excluding carboxylic acids is 2. The molecular weight excluding hydrogens is 456 g/mol. The number of hydrogen-bond acceptors (Lipinski definition) is 6. The molecule has 1 heterocycles. The van der Waals surface area contributed by atoms with E-state index in [2.05, 4.69) is 10.3 Å². The van der Waals surface area contributed by atoms with Crippen molar-refractivity contribution in [3.05, 3.63) is 83.9 Å². The highest BCUT2D eigenvalue weighted by molar-refractivity contribution is 7.89. The lowest BCUT2D eigenvalue weighted by Crippen LogP contribution is -2.47. The molecule has 180 valence electrons. The molecule has 1 atom stereocenters. The van der Waals surface area contributed by atoms with E-state index in [0.29, 0.717) is 12.2 Å². The van der Waals surface area contributed by atoms with Crippen molar-refractivity contribution >= 4 is 21.9 Å². The van der Waals surface area contributed by atoms with Crippen LogP contribution in [0.3, 0.4) is 0 Å². The van der Waals surface area contributed by atoms with Gasteiger partial charge in [0.15, 0.2) is 0 Å². The number of nitrogens with zero attached hydrogens (tertiary/aromatic N) is 3. The normalized spacial score (nSPS) is 12.4. The minimum Gasteiger partial charge on any atom is -0.467 e. The molecule has 9 nitrogen and oxygen atoms in total. The van der Waals surface area contributed by atoms with Crippen molar-refractivity contribution in [2.24, 2.45) is 0 Å². The van der Waals surface area contributed by atoms with E-state index in [4.69, 9.17) is 4.74 Å². The second kappa shape index (κ2) is 11.1. The summed E-state index contributed by atoms with van der Waals surface area (Å²) in [6.45, 7) is 2.02. The topological polar surface area (TPSA) is 111 Å². The van der Waals surface area contributed by atoms with E-state index in [1.54, 1.807) is 24.7 Å². The number of ether oxygens (including phenoxy) is 1. The number of esters is 1. The third kappa shape index (κ3) is 6.52. The number of amides is 1.